The molecule has 198 valence electrons. The lowest BCUT2D eigenvalue weighted by Crippen LogP contribution is -2.24. The lowest BCUT2D eigenvalue weighted by molar-refractivity contribution is -0.188. The van der Waals surface area contributed by atoms with Gasteiger partial charge in [-0.05, 0) is 41.9 Å². The molecule has 0 aromatic heterocycles. The standard InChI is InChI=1S/C27H21F9O/c1-14-2-4-15(5-3-14)16-6-8-17(9-7-16)19-10-11-20(25(31)24(19)30)27(35,36)37-18-12-21(28)23(22(29)13-18)26(32,33)34/h6-15H,2-5H2,1H3. The molecule has 37 heavy (non-hydrogen) atoms. The summed E-state index contributed by atoms with van der Waals surface area (Å²) in [6, 6.07) is 7.91. The predicted molar refractivity (Wildman–Crippen MR) is 118 cm³/mol. The summed E-state index contributed by atoms with van der Waals surface area (Å²) in [6.07, 6.45) is -5.87. The molecule has 1 saturated carbocycles. The molecule has 0 spiro atoms. The minimum absolute atomic E-state index is 0.114. The first kappa shape index (κ1) is 26.9. The molecule has 0 amide bonds. The Labute approximate surface area is 206 Å². The van der Waals surface area contributed by atoms with E-state index in [-0.39, 0.29) is 23.3 Å². The number of benzene rings is 3. The van der Waals surface area contributed by atoms with E-state index in [4.69, 9.17) is 0 Å². The van der Waals surface area contributed by atoms with Gasteiger partial charge in [0.1, 0.15) is 28.5 Å². The molecule has 0 unspecified atom stereocenters. The molecular formula is C27H21F9O. The minimum atomic E-state index is -5.42. The van der Waals surface area contributed by atoms with Crippen LogP contribution in [-0.2, 0) is 12.3 Å². The van der Waals surface area contributed by atoms with Gasteiger partial charge in [-0.1, -0.05) is 50.1 Å². The van der Waals surface area contributed by atoms with Gasteiger partial charge in [-0.15, -0.1) is 0 Å². The van der Waals surface area contributed by atoms with Crippen LogP contribution in [-0.4, -0.2) is 0 Å². The Morgan fingerprint density at radius 1 is 0.730 bits per heavy atom. The first-order chi connectivity index (χ1) is 17.3. The normalized spacial score (nSPS) is 18.6. The average Bonchev–Trinajstić information content (AvgIpc) is 2.79. The highest BCUT2D eigenvalue weighted by molar-refractivity contribution is 5.65. The van der Waals surface area contributed by atoms with Gasteiger partial charge in [-0.2, -0.15) is 22.0 Å². The summed E-state index contributed by atoms with van der Waals surface area (Å²) in [5, 5.41) is 0. The summed E-state index contributed by atoms with van der Waals surface area (Å²) >= 11 is 0. The Morgan fingerprint density at radius 3 is 1.84 bits per heavy atom. The van der Waals surface area contributed by atoms with Crippen molar-refractivity contribution in [2.45, 2.75) is 50.8 Å². The lowest BCUT2D eigenvalue weighted by atomic mass is 9.79. The van der Waals surface area contributed by atoms with Gasteiger partial charge in [0, 0.05) is 17.7 Å². The van der Waals surface area contributed by atoms with Gasteiger partial charge in [0.05, 0.1) is 0 Å². The van der Waals surface area contributed by atoms with Gasteiger partial charge in [0.25, 0.3) is 0 Å². The van der Waals surface area contributed by atoms with Crippen LogP contribution < -0.4 is 4.74 Å². The van der Waals surface area contributed by atoms with Crippen LogP contribution in [0.5, 0.6) is 5.75 Å². The van der Waals surface area contributed by atoms with E-state index >= 15 is 0 Å². The highest BCUT2D eigenvalue weighted by Gasteiger charge is 2.42. The molecule has 1 fully saturated rings. The molecule has 3 aromatic carbocycles. The maximum atomic E-state index is 14.8. The quantitative estimate of drug-likeness (QED) is 0.298. The smallest absolute Gasteiger partial charge is 0.429 e. The fourth-order valence-corrected chi connectivity index (χ4v) is 4.61. The van der Waals surface area contributed by atoms with E-state index in [0.717, 1.165) is 37.3 Å². The van der Waals surface area contributed by atoms with Crippen LogP contribution in [0.1, 0.15) is 55.2 Å². The Hall–Kier alpha value is -3.17. The third kappa shape index (κ3) is 5.57. The zero-order valence-electron chi connectivity index (χ0n) is 19.4. The van der Waals surface area contributed by atoms with Crippen molar-refractivity contribution in [2.75, 3.05) is 0 Å². The topological polar surface area (TPSA) is 9.23 Å². The van der Waals surface area contributed by atoms with Gasteiger partial charge in [-0.3, -0.25) is 0 Å². The van der Waals surface area contributed by atoms with Gasteiger partial charge in [0.15, 0.2) is 11.6 Å². The van der Waals surface area contributed by atoms with Crippen LogP contribution in [0.2, 0.25) is 0 Å². The van der Waals surface area contributed by atoms with Crippen molar-refractivity contribution in [3.05, 3.63) is 88.5 Å². The monoisotopic (exact) mass is 532 g/mol. The molecule has 0 radical (unpaired) electrons. The fraction of sp³-hybridized carbons (Fsp3) is 0.333. The Bertz CT molecular complexity index is 1250. The molecule has 1 aliphatic carbocycles. The summed E-state index contributed by atoms with van der Waals surface area (Å²) in [4.78, 5) is 0. The molecule has 1 aliphatic rings. The van der Waals surface area contributed by atoms with E-state index in [1.165, 1.54) is 0 Å². The first-order valence-corrected chi connectivity index (χ1v) is 11.5. The van der Waals surface area contributed by atoms with E-state index in [9.17, 15) is 39.5 Å². The highest BCUT2D eigenvalue weighted by Crippen LogP contribution is 2.40. The van der Waals surface area contributed by atoms with Crippen LogP contribution in [0.25, 0.3) is 11.1 Å². The van der Waals surface area contributed by atoms with Crippen LogP contribution in [0, 0.1) is 29.2 Å². The molecule has 1 nitrogen and oxygen atoms in total. The lowest BCUT2D eigenvalue weighted by Gasteiger charge is -2.26. The largest absolute Gasteiger partial charge is 0.429 e. The van der Waals surface area contributed by atoms with E-state index in [1.54, 1.807) is 24.3 Å². The molecule has 0 heterocycles. The summed E-state index contributed by atoms with van der Waals surface area (Å²) in [7, 11) is 0. The second-order valence-electron chi connectivity index (χ2n) is 9.25. The summed E-state index contributed by atoms with van der Waals surface area (Å²) in [5.41, 5.74) is -2.90. The molecular weight excluding hydrogens is 511 g/mol. The number of rotatable bonds is 5. The van der Waals surface area contributed by atoms with Gasteiger partial charge >= 0.3 is 12.3 Å². The second-order valence-corrected chi connectivity index (χ2v) is 9.25. The van der Waals surface area contributed by atoms with Gasteiger partial charge in [-0.25, -0.2) is 17.6 Å². The van der Waals surface area contributed by atoms with Crippen molar-refractivity contribution in [2.24, 2.45) is 5.92 Å². The second kappa shape index (κ2) is 9.95. The molecule has 3 aromatic rings. The van der Waals surface area contributed by atoms with E-state index < -0.39 is 52.4 Å². The molecule has 0 aliphatic heterocycles. The van der Waals surface area contributed by atoms with Crippen molar-refractivity contribution in [1.82, 2.24) is 0 Å². The Kier molecular flexibility index (Phi) is 7.23. The van der Waals surface area contributed by atoms with Crippen molar-refractivity contribution in [3.63, 3.8) is 0 Å². The first-order valence-electron chi connectivity index (χ1n) is 11.5. The maximum absolute atomic E-state index is 14.8. The van der Waals surface area contributed by atoms with Crippen molar-refractivity contribution >= 4 is 0 Å². The zero-order chi connectivity index (χ0) is 27.1. The number of alkyl halides is 5. The molecule has 10 heteroatoms. The molecule has 0 atom stereocenters. The Morgan fingerprint density at radius 2 is 1.30 bits per heavy atom. The van der Waals surface area contributed by atoms with Crippen molar-refractivity contribution < 1.29 is 44.3 Å². The molecule has 4 rings (SSSR count). The fourth-order valence-electron chi connectivity index (χ4n) is 4.61. The SMILES string of the molecule is CC1CCC(c2ccc(-c3ccc(C(F)(F)Oc4cc(F)c(C(F)(F)F)c(F)c4)c(F)c3F)cc2)CC1. The predicted octanol–water partition coefficient (Wildman–Crippen LogP) is 9.35. The number of hydrogen-bond donors (Lipinski definition) is 0. The summed E-state index contributed by atoms with van der Waals surface area (Å²) < 4.78 is 128. The number of ether oxygens (including phenoxy) is 1. The summed E-state index contributed by atoms with van der Waals surface area (Å²) in [5.74, 6) is -8.32. The summed E-state index contributed by atoms with van der Waals surface area (Å²) in [6.45, 7) is 2.19. The third-order valence-corrected chi connectivity index (χ3v) is 6.65. The molecule has 0 bridgehead atoms. The number of halogens is 9. The van der Waals surface area contributed by atoms with E-state index in [2.05, 4.69) is 11.7 Å². The zero-order valence-corrected chi connectivity index (χ0v) is 19.4. The van der Waals surface area contributed by atoms with E-state index in [0.29, 0.717) is 17.9 Å². The number of hydrogen-bond acceptors (Lipinski definition) is 1. The molecule has 0 N–H and O–H groups in total. The van der Waals surface area contributed by atoms with Crippen LogP contribution in [0.4, 0.5) is 39.5 Å². The maximum Gasteiger partial charge on any atom is 0.429 e. The Balaban J connectivity index is 1.58. The van der Waals surface area contributed by atoms with Crippen LogP contribution >= 0.6 is 0 Å². The van der Waals surface area contributed by atoms with Crippen molar-refractivity contribution in [1.29, 1.82) is 0 Å². The third-order valence-electron chi connectivity index (χ3n) is 6.65. The van der Waals surface area contributed by atoms with Crippen LogP contribution in [0.15, 0.2) is 48.5 Å². The average molecular weight is 532 g/mol. The van der Waals surface area contributed by atoms with Gasteiger partial charge in [0.2, 0.25) is 0 Å². The highest BCUT2D eigenvalue weighted by atomic mass is 19.4. The van der Waals surface area contributed by atoms with Crippen molar-refractivity contribution in [3.8, 4) is 16.9 Å². The molecule has 0 saturated heterocycles. The minimum Gasteiger partial charge on any atom is -0.429 e. The van der Waals surface area contributed by atoms with Crippen LogP contribution in [0.3, 0.4) is 0 Å². The van der Waals surface area contributed by atoms with Gasteiger partial charge < -0.3 is 4.74 Å². The van der Waals surface area contributed by atoms with E-state index in [1.807, 2.05) is 0 Å².